The van der Waals surface area contributed by atoms with Gasteiger partial charge in [-0.05, 0) is 25.3 Å². The molecule has 0 aromatic carbocycles. The van der Waals surface area contributed by atoms with Crippen molar-refractivity contribution in [2.75, 3.05) is 19.7 Å². The second-order valence-electron chi connectivity index (χ2n) is 4.56. The van der Waals surface area contributed by atoms with Crippen molar-refractivity contribution in [1.82, 2.24) is 5.32 Å². The number of hydrogen-bond acceptors (Lipinski definition) is 3. The zero-order valence-electron chi connectivity index (χ0n) is 9.19. The predicted octanol–water partition coefficient (Wildman–Crippen LogP) is 1.60. The van der Waals surface area contributed by atoms with Crippen LogP contribution < -0.4 is 5.32 Å². The average molecular weight is 233 g/mol. The van der Waals surface area contributed by atoms with E-state index in [2.05, 4.69) is 5.32 Å². The lowest BCUT2D eigenvalue weighted by molar-refractivity contribution is 0.199. The van der Waals surface area contributed by atoms with Gasteiger partial charge >= 0.3 is 7.60 Å². The molecule has 1 saturated carbocycles. The van der Waals surface area contributed by atoms with Crippen molar-refractivity contribution in [3.8, 4) is 0 Å². The van der Waals surface area contributed by atoms with E-state index in [1.807, 2.05) is 0 Å². The maximum absolute atomic E-state index is 12.0. The van der Waals surface area contributed by atoms with Gasteiger partial charge in [0.15, 0.2) is 0 Å². The van der Waals surface area contributed by atoms with Crippen molar-refractivity contribution >= 4 is 7.60 Å². The Morgan fingerprint density at radius 1 is 1.47 bits per heavy atom. The quantitative estimate of drug-likeness (QED) is 0.724. The van der Waals surface area contributed by atoms with E-state index in [9.17, 15) is 9.46 Å². The summed E-state index contributed by atoms with van der Waals surface area (Å²) in [5.41, 5.74) is -0.178. The first-order chi connectivity index (χ1) is 7.15. The lowest BCUT2D eigenvalue weighted by Crippen LogP contribution is -2.31. The first kappa shape index (κ1) is 11.6. The van der Waals surface area contributed by atoms with Gasteiger partial charge in [0.2, 0.25) is 0 Å². The molecular weight excluding hydrogens is 213 g/mol. The van der Waals surface area contributed by atoms with Crippen molar-refractivity contribution in [3.63, 3.8) is 0 Å². The summed E-state index contributed by atoms with van der Waals surface area (Å²) >= 11 is 0. The van der Waals surface area contributed by atoms with Gasteiger partial charge in [-0.15, -0.1) is 0 Å². The lowest BCUT2D eigenvalue weighted by atomic mass is 9.75. The van der Waals surface area contributed by atoms with Gasteiger partial charge in [0.05, 0.1) is 12.3 Å². The molecule has 0 spiro atoms. The minimum absolute atomic E-state index is 0.178. The second kappa shape index (κ2) is 4.54. The Morgan fingerprint density at radius 3 is 2.73 bits per heavy atom. The molecule has 0 radical (unpaired) electrons. The van der Waals surface area contributed by atoms with Crippen molar-refractivity contribution in [3.05, 3.63) is 0 Å². The Morgan fingerprint density at radius 2 is 2.20 bits per heavy atom. The van der Waals surface area contributed by atoms with Crippen LogP contribution >= 0.6 is 7.60 Å². The summed E-state index contributed by atoms with van der Waals surface area (Å²) in [6.45, 7) is 3.60. The highest BCUT2D eigenvalue weighted by atomic mass is 31.2. The molecule has 1 aliphatic carbocycles. The maximum Gasteiger partial charge on any atom is 0.332 e. The number of hydrogen-bond donors (Lipinski definition) is 2. The van der Waals surface area contributed by atoms with Crippen LogP contribution in [0.15, 0.2) is 0 Å². The fourth-order valence-electron chi connectivity index (χ4n) is 2.67. The number of nitrogens with one attached hydrogen (secondary N) is 1. The van der Waals surface area contributed by atoms with Crippen molar-refractivity contribution in [1.29, 1.82) is 0 Å². The summed E-state index contributed by atoms with van der Waals surface area (Å²) in [5, 5.41) is 3.22. The van der Waals surface area contributed by atoms with Crippen molar-refractivity contribution in [2.24, 2.45) is 11.8 Å². The molecule has 1 saturated heterocycles. The molecule has 2 N–H and O–H groups in total. The fraction of sp³-hybridized carbons (Fsp3) is 1.00. The van der Waals surface area contributed by atoms with E-state index in [-0.39, 0.29) is 5.66 Å². The Hall–Kier alpha value is 0.110. The summed E-state index contributed by atoms with van der Waals surface area (Å²) in [6, 6.07) is 0. The summed E-state index contributed by atoms with van der Waals surface area (Å²) in [6.07, 6.45) is 3.71. The van der Waals surface area contributed by atoms with Gasteiger partial charge in [-0.3, -0.25) is 4.57 Å². The molecule has 5 heteroatoms. The van der Waals surface area contributed by atoms with Gasteiger partial charge in [0.25, 0.3) is 0 Å². The highest BCUT2D eigenvalue weighted by Crippen LogP contribution is 2.54. The molecule has 2 aliphatic rings. The van der Waals surface area contributed by atoms with Crippen LogP contribution in [0.5, 0.6) is 0 Å². The van der Waals surface area contributed by atoms with Gasteiger partial charge in [0.1, 0.15) is 0 Å². The van der Waals surface area contributed by atoms with E-state index in [0.717, 1.165) is 6.54 Å². The minimum atomic E-state index is -3.39. The zero-order valence-corrected chi connectivity index (χ0v) is 10.1. The van der Waals surface area contributed by atoms with Crippen LogP contribution in [0, 0.1) is 11.8 Å². The Bertz CT molecular complexity index is 267. The highest BCUT2D eigenvalue weighted by Gasteiger charge is 2.46. The monoisotopic (exact) mass is 233 g/mol. The van der Waals surface area contributed by atoms with Crippen molar-refractivity contribution in [2.45, 2.75) is 31.8 Å². The first-order valence-corrected chi connectivity index (χ1v) is 7.47. The zero-order chi connectivity index (χ0) is 10.9. The molecule has 2 rings (SSSR count). The van der Waals surface area contributed by atoms with Gasteiger partial charge in [-0.2, -0.15) is 0 Å². The van der Waals surface area contributed by atoms with Crippen LogP contribution in [-0.2, 0) is 9.09 Å². The maximum atomic E-state index is 12.0. The molecule has 0 bridgehead atoms. The van der Waals surface area contributed by atoms with Crippen LogP contribution in [-0.4, -0.2) is 30.2 Å². The molecule has 3 unspecified atom stereocenters. The standard InChI is InChI=1S/C10H20NO3P/c1-2-14-15(12,13)10-7-11-6-9(10)8-4-3-5-8/h8-11H,2-7H2,1H3,(H,12,13). The highest BCUT2D eigenvalue weighted by molar-refractivity contribution is 7.53. The topological polar surface area (TPSA) is 58.6 Å². The Balaban J connectivity index is 2.03. The van der Waals surface area contributed by atoms with E-state index >= 15 is 0 Å². The van der Waals surface area contributed by atoms with Crippen LogP contribution in [0.2, 0.25) is 0 Å². The molecule has 0 amide bonds. The molecule has 3 atom stereocenters. The van der Waals surface area contributed by atoms with Crippen LogP contribution in [0.25, 0.3) is 0 Å². The van der Waals surface area contributed by atoms with E-state index in [1.54, 1.807) is 6.92 Å². The van der Waals surface area contributed by atoms with E-state index < -0.39 is 7.60 Å². The SMILES string of the molecule is CCOP(=O)(O)C1CNCC1C1CCC1. The molecule has 4 nitrogen and oxygen atoms in total. The van der Waals surface area contributed by atoms with E-state index in [0.29, 0.717) is 25.0 Å². The van der Waals surface area contributed by atoms with Crippen LogP contribution in [0.4, 0.5) is 0 Å². The summed E-state index contributed by atoms with van der Waals surface area (Å²) in [4.78, 5) is 9.85. The van der Waals surface area contributed by atoms with E-state index in [4.69, 9.17) is 4.52 Å². The molecule has 2 fully saturated rings. The first-order valence-electron chi connectivity index (χ1n) is 5.83. The van der Waals surface area contributed by atoms with E-state index in [1.165, 1.54) is 19.3 Å². The molecule has 0 aromatic heterocycles. The normalized spacial score (nSPS) is 36.1. The third kappa shape index (κ3) is 2.28. The van der Waals surface area contributed by atoms with Crippen LogP contribution in [0.1, 0.15) is 26.2 Å². The summed E-state index contributed by atoms with van der Waals surface area (Å²) < 4.78 is 17.0. The third-order valence-corrected chi connectivity index (χ3v) is 5.75. The van der Waals surface area contributed by atoms with Gasteiger partial charge < -0.3 is 14.7 Å². The molecule has 88 valence electrons. The predicted molar refractivity (Wildman–Crippen MR) is 58.9 cm³/mol. The summed E-state index contributed by atoms with van der Waals surface area (Å²) in [5.74, 6) is 0.993. The lowest BCUT2D eigenvalue weighted by Gasteiger charge is -2.35. The van der Waals surface area contributed by atoms with Gasteiger partial charge in [0, 0.05) is 6.54 Å². The van der Waals surface area contributed by atoms with Crippen LogP contribution in [0.3, 0.4) is 0 Å². The Labute approximate surface area is 90.9 Å². The molecule has 1 aliphatic heterocycles. The average Bonchev–Trinajstić information content (AvgIpc) is 2.49. The molecule has 0 aromatic rings. The largest absolute Gasteiger partial charge is 0.332 e. The molecule has 15 heavy (non-hydrogen) atoms. The van der Waals surface area contributed by atoms with Gasteiger partial charge in [-0.1, -0.05) is 19.3 Å². The van der Waals surface area contributed by atoms with Gasteiger partial charge in [-0.25, -0.2) is 0 Å². The minimum Gasteiger partial charge on any atom is -0.324 e. The van der Waals surface area contributed by atoms with Crippen molar-refractivity contribution < 1.29 is 14.0 Å². The molecular formula is C10H20NO3P. The number of rotatable bonds is 4. The fourth-order valence-corrected chi connectivity index (χ4v) is 4.43. The Kier molecular flexibility index (Phi) is 3.51. The smallest absolute Gasteiger partial charge is 0.324 e. The second-order valence-corrected chi connectivity index (χ2v) is 6.61. The third-order valence-electron chi connectivity index (χ3n) is 3.72. The summed E-state index contributed by atoms with van der Waals surface area (Å²) in [7, 11) is -3.39. The molecule has 1 heterocycles.